The first kappa shape index (κ1) is 15.6. The van der Waals surface area contributed by atoms with Gasteiger partial charge < -0.3 is 14.4 Å². The second-order valence-electron chi connectivity index (χ2n) is 5.04. The van der Waals surface area contributed by atoms with Gasteiger partial charge in [0.15, 0.2) is 11.5 Å². The van der Waals surface area contributed by atoms with Gasteiger partial charge in [-0.15, -0.1) is 0 Å². The summed E-state index contributed by atoms with van der Waals surface area (Å²) in [6.07, 6.45) is 5.05. The average molecular weight is 428 g/mol. The van der Waals surface area contributed by atoms with Crippen LogP contribution in [0.4, 0.5) is 0 Å². The van der Waals surface area contributed by atoms with Crippen LogP contribution < -0.4 is 9.47 Å². The zero-order chi connectivity index (χ0) is 15.7. The Morgan fingerprint density at radius 3 is 2.68 bits per heavy atom. The highest BCUT2D eigenvalue weighted by atomic mass is 79.9. The fourth-order valence-electron chi connectivity index (χ4n) is 2.75. The van der Waals surface area contributed by atoms with E-state index in [-0.39, 0.29) is 6.04 Å². The predicted octanol–water partition coefficient (Wildman–Crippen LogP) is 4.38. The topological polar surface area (TPSA) is 34.1 Å². The fourth-order valence-corrected chi connectivity index (χ4v) is 4.09. The molecular formula is C16H16Br2N2O2. The number of hydrogen-bond acceptors (Lipinski definition) is 4. The van der Waals surface area contributed by atoms with Crippen molar-refractivity contribution in [3.05, 3.63) is 45.0 Å². The second-order valence-corrected chi connectivity index (χ2v) is 6.81. The SMILES string of the molecule is COc1ccc(C2CCN=C3C(Br)=CC(Br)=CN32)cc1OC. The molecule has 0 aliphatic carbocycles. The standard InChI is InChI=1S/C16H16Br2N2O2/c1-21-14-4-3-10(7-15(14)22-2)13-5-6-19-16-12(18)8-11(17)9-20(13)16/h3-4,7-9,13H,5-6H2,1-2H3. The minimum atomic E-state index is 0.223. The van der Waals surface area contributed by atoms with Gasteiger partial charge in [0.25, 0.3) is 0 Å². The first-order valence-corrected chi connectivity index (χ1v) is 8.52. The third-order valence-electron chi connectivity index (χ3n) is 3.78. The molecule has 1 aromatic rings. The van der Waals surface area contributed by atoms with Gasteiger partial charge in [-0.2, -0.15) is 0 Å². The monoisotopic (exact) mass is 426 g/mol. The van der Waals surface area contributed by atoms with E-state index in [1.807, 2.05) is 18.2 Å². The van der Waals surface area contributed by atoms with Crippen LogP contribution in [0.3, 0.4) is 0 Å². The number of aliphatic imine (C=N–C) groups is 1. The van der Waals surface area contributed by atoms with Gasteiger partial charge in [0, 0.05) is 17.2 Å². The molecule has 0 amide bonds. The molecule has 0 spiro atoms. The lowest BCUT2D eigenvalue weighted by Gasteiger charge is -2.37. The van der Waals surface area contributed by atoms with Crippen molar-refractivity contribution in [3.63, 3.8) is 0 Å². The van der Waals surface area contributed by atoms with Crippen LogP contribution in [0, 0.1) is 0 Å². The molecule has 116 valence electrons. The highest BCUT2D eigenvalue weighted by molar-refractivity contribution is 9.12. The van der Waals surface area contributed by atoms with E-state index >= 15 is 0 Å². The molecule has 0 aromatic heterocycles. The Hall–Kier alpha value is -1.27. The molecule has 3 rings (SSSR count). The summed E-state index contributed by atoms with van der Waals surface area (Å²) in [5, 5.41) is 0. The van der Waals surface area contributed by atoms with Gasteiger partial charge in [-0.3, -0.25) is 4.99 Å². The summed E-state index contributed by atoms with van der Waals surface area (Å²) in [4.78, 5) is 6.82. The van der Waals surface area contributed by atoms with Crippen molar-refractivity contribution >= 4 is 37.7 Å². The molecule has 0 bridgehead atoms. The van der Waals surface area contributed by atoms with Crippen molar-refractivity contribution in [1.29, 1.82) is 0 Å². The quantitative estimate of drug-likeness (QED) is 0.717. The molecule has 2 aliphatic heterocycles. The Kier molecular flexibility index (Phi) is 4.59. The number of nitrogens with zero attached hydrogens (tertiary/aromatic N) is 2. The van der Waals surface area contributed by atoms with Crippen molar-refractivity contribution in [2.75, 3.05) is 20.8 Å². The van der Waals surface area contributed by atoms with Crippen molar-refractivity contribution in [1.82, 2.24) is 4.90 Å². The van der Waals surface area contributed by atoms with E-state index in [0.29, 0.717) is 0 Å². The number of allylic oxidation sites excluding steroid dienone is 2. The van der Waals surface area contributed by atoms with Crippen LogP contribution in [-0.2, 0) is 0 Å². The average Bonchev–Trinajstić information content (AvgIpc) is 2.53. The minimum Gasteiger partial charge on any atom is -0.493 e. The summed E-state index contributed by atoms with van der Waals surface area (Å²) in [5.41, 5.74) is 1.18. The lowest BCUT2D eigenvalue weighted by molar-refractivity contribution is 0.347. The van der Waals surface area contributed by atoms with E-state index in [0.717, 1.165) is 39.3 Å². The smallest absolute Gasteiger partial charge is 0.161 e. The van der Waals surface area contributed by atoms with Gasteiger partial charge in [0.2, 0.25) is 0 Å². The maximum absolute atomic E-state index is 5.43. The van der Waals surface area contributed by atoms with Crippen molar-refractivity contribution < 1.29 is 9.47 Å². The molecular weight excluding hydrogens is 412 g/mol. The Bertz CT molecular complexity index is 683. The van der Waals surface area contributed by atoms with Gasteiger partial charge >= 0.3 is 0 Å². The van der Waals surface area contributed by atoms with Crippen LogP contribution in [0.5, 0.6) is 11.5 Å². The van der Waals surface area contributed by atoms with Crippen LogP contribution in [0.1, 0.15) is 18.0 Å². The maximum atomic E-state index is 5.43. The highest BCUT2D eigenvalue weighted by Gasteiger charge is 2.29. The molecule has 1 aromatic carbocycles. The number of hydrogen-bond donors (Lipinski definition) is 0. The lowest BCUT2D eigenvalue weighted by Crippen LogP contribution is -2.36. The molecule has 0 radical (unpaired) electrons. The Morgan fingerprint density at radius 1 is 1.18 bits per heavy atom. The fraction of sp³-hybridized carbons (Fsp3) is 0.312. The first-order valence-electron chi connectivity index (χ1n) is 6.93. The summed E-state index contributed by atoms with van der Waals surface area (Å²) >= 11 is 7.15. The van der Waals surface area contributed by atoms with Gasteiger partial charge in [-0.05, 0) is 62.1 Å². The Labute approximate surface area is 146 Å². The molecule has 22 heavy (non-hydrogen) atoms. The second kappa shape index (κ2) is 6.46. The molecule has 0 N–H and O–H groups in total. The van der Waals surface area contributed by atoms with Crippen molar-refractivity contribution in [2.45, 2.75) is 12.5 Å². The van der Waals surface area contributed by atoms with Gasteiger partial charge in [-0.1, -0.05) is 6.07 Å². The van der Waals surface area contributed by atoms with E-state index in [4.69, 9.17) is 9.47 Å². The summed E-state index contributed by atoms with van der Waals surface area (Å²) in [6, 6.07) is 6.30. The zero-order valence-electron chi connectivity index (χ0n) is 12.3. The molecule has 6 heteroatoms. The van der Waals surface area contributed by atoms with Crippen LogP contribution in [0.15, 0.2) is 44.4 Å². The third kappa shape index (κ3) is 2.82. The number of halogens is 2. The zero-order valence-corrected chi connectivity index (χ0v) is 15.5. The first-order chi connectivity index (χ1) is 10.6. The molecule has 4 nitrogen and oxygen atoms in total. The molecule has 0 fully saturated rings. The van der Waals surface area contributed by atoms with E-state index in [2.05, 4.69) is 54.0 Å². The summed E-state index contributed by atoms with van der Waals surface area (Å²) in [5.74, 6) is 2.46. The predicted molar refractivity (Wildman–Crippen MR) is 95.1 cm³/mol. The van der Waals surface area contributed by atoms with E-state index in [1.54, 1.807) is 14.2 Å². The van der Waals surface area contributed by atoms with Crippen LogP contribution in [0.25, 0.3) is 0 Å². The molecule has 0 saturated heterocycles. The number of rotatable bonds is 3. The Balaban J connectivity index is 1.99. The number of fused-ring (bicyclic) bond motifs is 1. The normalized spacial score (nSPS) is 20.6. The molecule has 0 saturated carbocycles. The molecule has 2 aliphatic rings. The van der Waals surface area contributed by atoms with Crippen molar-refractivity contribution in [3.8, 4) is 11.5 Å². The van der Waals surface area contributed by atoms with E-state index in [1.165, 1.54) is 5.56 Å². The number of amidine groups is 1. The summed E-state index contributed by atoms with van der Waals surface area (Å²) in [7, 11) is 3.31. The van der Waals surface area contributed by atoms with Gasteiger partial charge in [0.1, 0.15) is 5.84 Å². The van der Waals surface area contributed by atoms with E-state index in [9.17, 15) is 0 Å². The molecule has 1 unspecified atom stereocenters. The third-order valence-corrected chi connectivity index (χ3v) is 4.79. The van der Waals surface area contributed by atoms with Gasteiger partial charge in [0.05, 0.1) is 24.7 Å². The Morgan fingerprint density at radius 2 is 1.95 bits per heavy atom. The van der Waals surface area contributed by atoms with Crippen LogP contribution in [-0.4, -0.2) is 31.5 Å². The number of benzene rings is 1. The van der Waals surface area contributed by atoms with Crippen molar-refractivity contribution in [2.24, 2.45) is 4.99 Å². The summed E-state index contributed by atoms with van der Waals surface area (Å²) < 4.78 is 12.8. The van der Waals surface area contributed by atoms with E-state index < -0.39 is 0 Å². The number of methoxy groups -OCH3 is 2. The number of ether oxygens (including phenoxy) is 2. The lowest BCUT2D eigenvalue weighted by atomic mass is 9.99. The minimum absolute atomic E-state index is 0.223. The maximum Gasteiger partial charge on any atom is 0.161 e. The largest absolute Gasteiger partial charge is 0.493 e. The molecule has 2 heterocycles. The molecule has 1 atom stereocenters. The highest BCUT2D eigenvalue weighted by Crippen LogP contribution is 2.38. The van der Waals surface area contributed by atoms with Crippen LogP contribution >= 0.6 is 31.9 Å². The summed E-state index contributed by atoms with van der Waals surface area (Å²) in [6.45, 7) is 0.805. The van der Waals surface area contributed by atoms with Crippen LogP contribution in [0.2, 0.25) is 0 Å². The van der Waals surface area contributed by atoms with Gasteiger partial charge in [-0.25, -0.2) is 0 Å².